The summed E-state index contributed by atoms with van der Waals surface area (Å²) in [7, 11) is 0. The summed E-state index contributed by atoms with van der Waals surface area (Å²) in [6, 6.07) is 5.75. The third kappa shape index (κ3) is 3.80. The Hall–Kier alpha value is -3.44. The molecule has 0 bridgehead atoms. The number of allylic oxidation sites excluding steroid dienone is 3. The van der Waals surface area contributed by atoms with E-state index in [2.05, 4.69) is 16.6 Å². The molecule has 2 aliphatic rings. The highest BCUT2D eigenvalue weighted by Gasteiger charge is 2.32. The second-order valence-corrected chi connectivity index (χ2v) is 9.89. The van der Waals surface area contributed by atoms with Gasteiger partial charge in [0, 0.05) is 35.8 Å². The summed E-state index contributed by atoms with van der Waals surface area (Å²) in [6.07, 6.45) is 1.62. The number of hydrogen-bond donors (Lipinski definition) is 0. The van der Waals surface area contributed by atoms with Crippen LogP contribution in [0.4, 0.5) is 11.4 Å². The van der Waals surface area contributed by atoms with E-state index in [1.54, 1.807) is 35.4 Å². The first-order valence-electron chi connectivity index (χ1n) is 10.6. The molecule has 0 N–H and O–H groups in total. The van der Waals surface area contributed by atoms with Crippen LogP contribution >= 0.6 is 23.1 Å². The van der Waals surface area contributed by atoms with Gasteiger partial charge < -0.3 is 4.90 Å². The van der Waals surface area contributed by atoms with E-state index in [1.165, 1.54) is 29.5 Å². The molecule has 0 aliphatic carbocycles. The average Bonchev–Trinajstić information content (AvgIpc) is 3.39. The summed E-state index contributed by atoms with van der Waals surface area (Å²) >= 11 is 2.81. The first-order chi connectivity index (χ1) is 16.2. The van der Waals surface area contributed by atoms with Gasteiger partial charge in [-0.1, -0.05) is 23.9 Å². The van der Waals surface area contributed by atoms with Crippen molar-refractivity contribution in [3.63, 3.8) is 0 Å². The fraction of sp³-hybridized carbons (Fsp3) is 0.261. The normalized spacial score (nSPS) is 19.3. The zero-order valence-corrected chi connectivity index (χ0v) is 20.8. The molecule has 1 amide bonds. The number of hydrogen-bond acceptors (Lipinski definition) is 8. The van der Waals surface area contributed by atoms with Gasteiger partial charge in [-0.25, -0.2) is 0 Å². The maximum Gasteiger partial charge on any atom is 0.283 e. The topological polar surface area (TPSA) is 101 Å². The smallest absolute Gasteiger partial charge is 0.283 e. The summed E-state index contributed by atoms with van der Waals surface area (Å²) in [5.41, 5.74) is 1.80. The van der Waals surface area contributed by atoms with Gasteiger partial charge in [0.1, 0.15) is 14.2 Å². The Morgan fingerprint density at radius 1 is 1.24 bits per heavy atom. The number of benzene rings is 1. The minimum atomic E-state index is -0.521. The molecule has 0 unspecified atom stereocenters. The van der Waals surface area contributed by atoms with E-state index >= 15 is 0 Å². The quantitative estimate of drug-likeness (QED) is 0.358. The van der Waals surface area contributed by atoms with Crippen molar-refractivity contribution in [3.8, 4) is 0 Å². The van der Waals surface area contributed by atoms with Gasteiger partial charge in [-0.15, -0.1) is 17.9 Å². The molecule has 34 heavy (non-hydrogen) atoms. The summed E-state index contributed by atoms with van der Waals surface area (Å²) in [6.45, 7) is 12.5. The van der Waals surface area contributed by atoms with E-state index in [9.17, 15) is 19.7 Å². The van der Waals surface area contributed by atoms with E-state index in [1.807, 2.05) is 20.8 Å². The molecule has 0 radical (unpaired) electrons. The van der Waals surface area contributed by atoms with E-state index in [-0.39, 0.29) is 23.5 Å². The van der Waals surface area contributed by atoms with Crippen LogP contribution in [0.25, 0.3) is 10.6 Å². The lowest BCUT2D eigenvalue weighted by atomic mass is 10.2. The van der Waals surface area contributed by atoms with E-state index in [0.29, 0.717) is 20.5 Å². The number of thioether (sulfide) groups is 1. The number of carbonyl (C=O) groups excluding carboxylic acids is 1. The summed E-state index contributed by atoms with van der Waals surface area (Å²) < 4.78 is 2.59. The second-order valence-electron chi connectivity index (χ2n) is 7.69. The molecule has 3 heterocycles. The van der Waals surface area contributed by atoms with Crippen molar-refractivity contribution < 1.29 is 9.72 Å². The van der Waals surface area contributed by atoms with E-state index < -0.39 is 10.8 Å². The first kappa shape index (κ1) is 23.7. The van der Waals surface area contributed by atoms with Gasteiger partial charge in [0.15, 0.2) is 0 Å². The molecule has 0 fully saturated rings. The lowest BCUT2D eigenvalue weighted by Crippen LogP contribution is -2.35. The zero-order valence-electron chi connectivity index (χ0n) is 19.2. The van der Waals surface area contributed by atoms with Gasteiger partial charge in [0.2, 0.25) is 0 Å². The van der Waals surface area contributed by atoms with Gasteiger partial charge in [0.25, 0.3) is 17.2 Å². The van der Waals surface area contributed by atoms with Crippen molar-refractivity contribution in [2.75, 3.05) is 11.6 Å². The summed E-state index contributed by atoms with van der Waals surface area (Å²) in [4.78, 5) is 40.8. The molecular weight excluding hydrogens is 474 g/mol. The Balaban J connectivity index is 1.94. The highest BCUT2D eigenvalue weighted by atomic mass is 32.2. The van der Waals surface area contributed by atoms with Gasteiger partial charge in [-0.3, -0.25) is 24.3 Å². The number of rotatable bonds is 5. The number of thiazole rings is 1. The van der Waals surface area contributed by atoms with Crippen molar-refractivity contribution in [2.45, 2.75) is 34.2 Å². The molecule has 11 heteroatoms. The molecule has 4 rings (SSSR count). The van der Waals surface area contributed by atoms with Crippen LogP contribution in [0, 0.1) is 10.1 Å². The van der Waals surface area contributed by atoms with Crippen LogP contribution in [-0.2, 0) is 11.3 Å². The number of non-ortho nitro benzene ring substituents is 1. The Morgan fingerprint density at radius 3 is 2.62 bits per heavy atom. The standard InChI is InChI=1S/C23H23N5O4S2/c1-6-11-26-21(30)19(23-25(7-2)14(4)15(5)33-23)34-22(26)18-13(3)24-27(20(18)29)16-9-8-10-17(12-16)28(31)32/h6,8-10,12H,1,7,11H2,2-5H3/b22-18+,23-19-. The second kappa shape index (κ2) is 9.07. The third-order valence-corrected chi connectivity index (χ3v) is 8.17. The van der Waals surface area contributed by atoms with Crippen molar-refractivity contribution in [3.05, 3.63) is 77.2 Å². The van der Waals surface area contributed by atoms with Crippen molar-refractivity contribution in [1.82, 2.24) is 9.47 Å². The molecule has 176 valence electrons. The average molecular weight is 498 g/mol. The maximum atomic E-state index is 13.5. The number of amides is 1. The SMILES string of the molecule is C=CCn1c(=O)/c(=C2/SC(C)=C(C)N2CC)s/c1=C1/C(=O)N(c2cccc([N+](=O)[O-])c2)N=C1C. The fourth-order valence-corrected chi connectivity index (χ4v) is 6.41. The van der Waals surface area contributed by atoms with Crippen LogP contribution < -0.4 is 19.8 Å². The number of aromatic nitrogens is 1. The summed E-state index contributed by atoms with van der Waals surface area (Å²) in [5.74, 6) is -0.439. The predicted octanol–water partition coefficient (Wildman–Crippen LogP) is 2.96. The number of nitro groups is 1. The number of carbonyl (C=O) groups is 1. The molecule has 0 saturated carbocycles. The largest absolute Gasteiger partial charge is 0.338 e. The van der Waals surface area contributed by atoms with Gasteiger partial charge >= 0.3 is 0 Å². The lowest BCUT2D eigenvalue weighted by Gasteiger charge is -2.17. The molecular formula is C23H23N5O4S2. The highest BCUT2D eigenvalue weighted by Crippen LogP contribution is 2.40. The number of nitrogens with zero attached hydrogens (tertiary/aromatic N) is 5. The zero-order chi connectivity index (χ0) is 24.7. The predicted molar refractivity (Wildman–Crippen MR) is 137 cm³/mol. The molecule has 0 saturated heterocycles. The molecule has 0 spiro atoms. The Labute approximate surface area is 203 Å². The van der Waals surface area contributed by atoms with E-state index in [0.717, 1.165) is 27.2 Å². The Bertz CT molecular complexity index is 1480. The monoisotopic (exact) mass is 497 g/mol. The Kier molecular flexibility index (Phi) is 6.32. The van der Waals surface area contributed by atoms with Gasteiger partial charge in [-0.05, 0) is 33.8 Å². The van der Waals surface area contributed by atoms with Crippen LogP contribution in [0.3, 0.4) is 0 Å². The van der Waals surface area contributed by atoms with Crippen LogP contribution in [0.5, 0.6) is 0 Å². The Morgan fingerprint density at radius 2 is 1.97 bits per heavy atom. The van der Waals surface area contributed by atoms with Crippen LogP contribution in [0.15, 0.2) is 57.4 Å². The maximum absolute atomic E-state index is 13.5. The summed E-state index contributed by atoms with van der Waals surface area (Å²) in [5, 5.41) is 17.5. The number of nitro benzene ring substituents is 1. The van der Waals surface area contributed by atoms with Crippen LogP contribution in [-0.4, -0.2) is 32.6 Å². The van der Waals surface area contributed by atoms with Gasteiger partial charge in [-0.2, -0.15) is 10.1 Å². The van der Waals surface area contributed by atoms with Crippen LogP contribution in [0.2, 0.25) is 0 Å². The van der Waals surface area contributed by atoms with Crippen LogP contribution in [0.1, 0.15) is 27.7 Å². The minimum Gasteiger partial charge on any atom is -0.338 e. The number of hydrazone groups is 1. The van der Waals surface area contributed by atoms with Crippen molar-refractivity contribution in [1.29, 1.82) is 0 Å². The molecule has 1 aromatic heterocycles. The van der Waals surface area contributed by atoms with Gasteiger partial charge in [0.05, 0.1) is 21.9 Å². The first-order valence-corrected chi connectivity index (χ1v) is 12.2. The molecule has 1 aromatic carbocycles. The highest BCUT2D eigenvalue weighted by molar-refractivity contribution is 8.11. The van der Waals surface area contributed by atoms with E-state index in [4.69, 9.17) is 0 Å². The third-order valence-electron chi connectivity index (χ3n) is 5.63. The molecule has 0 atom stereocenters. The molecule has 2 aromatic rings. The number of anilines is 1. The van der Waals surface area contributed by atoms with Crippen molar-refractivity contribution >= 4 is 56.7 Å². The molecule has 9 nitrogen and oxygen atoms in total. The lowest BCUT2D eigenvalue weighted by molar-refractivity contribution is -0.384. The minimum absolute atomic E-state index is 0.138. The molecule has 2 aliphatic heterocycles. The van der Waals surface area contributed by atoms with Crippen molar-refractivity contribution in [2.24, 2.45) is 5.10 Å². The fourth-order valence-electron chi connectivity index (χ4n) is 3.86.